The summed E-state index contributed by atoms with van der Waals surface area (Å²) in [4.78, 5) is 103. The van der Waals surface area contributed by atoms with Crippen molar-refractivity contribution in [3.8, 4) is 42.3 Å². The van der Waals surface area contributed by atoms with Crippen molar-refractivity contribution in [1.82, 2.24) is 25.3 Å². The summed E-state index contributed by atoms with van der Waals surface area (Å²) in [5.41, 5.74) is 30.4. The Morgan fingerprint density at radius 3 is 0.907 bits per heavy atom. The van der Waals surface area contributed by atoms with Gasteiger partial charge in [0.15, 0.2) is 5.78 Å². The molecule has 0 unspecified atom stereocenters. The number of alkyl carbamates (subject to hydrolysis) is 1. The number of benzene rings is 10. The van der Waals surface area contributed by atoms with E-state index in [1.165, 1.54) is 60.7 Å². The van der Waals surface area contributed by atoms with E-state index in [0.717, 1.165) is 92.9 Å². The van der Waals surface area contributed by atoms with E-state index in [9.17, 15) is 60.2 Å². The summed E-state index contributed by atoms with van der Waals surface area (Å²) in [6.07, 6.45) is 1.84. The van der Waals surface area contributed by atoms with Gasteiger partial charge in [-0.2, -0.15) is 0 Å². The largest absolute Gasteiger partial charge is 0.444 e. The minimum atomic E-state index is -0.773. The molecule has 0 aliphatic heterocycles. The van der Waals surface area contributed by atoms with Gasteiger partial charge in [-0.15, -0.1) is 62.3 Å². The Labute approximate surface area is 792 Å². The third kappa shape index (κ3) is 33.3. The highest BCUT2D eigenvalue weighted by molar-refractivity contribution is 9.09. The van der Waals surface area contributed by atoms with Gasteiger partial charge in [0.05, 0.1) is 81.2 Å². The molecule has 7 N–H and O–H groups in total. The molecule has 5 atom stereocenters. The standard InChI is InChI=1S/2C18H13N3O2S2.2C17H15N3O2S.C15H19BrN2O5.C7H7NS.BrH/c2*22-21(23)15-8-6-13(7-9-15)10-16(19-12-24)17-11-25-18(20-17)14-4-2-1-3-5-14;2*18-15(10-12-6-8-14(9-7-12)20(21)22)16-11-23-17(19-16)13-4-2-1-3-5-13;1-15(2,3)23-14(20)17-12(13(19)9-16)8-10-4-6-11(7-5-10)18(21)22;8-7(9)6-4-2-1-3-5-6;/h2*1-9,11,16H,10H2;2*1-9,11,15H,10,18H2;4-7,12H,8-9H2,1-3H3,(H,17,20);1-5H,(H2,8,9);1H/t2*16-;2*15-;12-;;/m00000../s1. The second-order valence-electron chi connectivity index (χ2n) is 28.6. The summed E-state index contributed by atoms with van der Waals surface area (Å²) >= 11 is 23.6. The number of carbonyl (C=O) groups is 2. The number of nitrogens with zero attached hydrogens (tertiary/aromatic N) is 11. The number of ketones is 1. The zero-order valence-electron chi connectivity index (χ0n) is 69.0. The lowest BCUT2D eigenvalue weighted by Gasteiger charge is -2.23. The van der Waals surface area contributed by atoms with Crippen LogP contribution in [0.5, 0.6) is 0 Å². The van der Waals surface area contributed by atoms with Crippen molar-refractivity contribution in [2.75, 3.05) is 5.33 Å². The molecule has 0 bridgehead atoms. The van der Waals surface area contributed by atoms with E-state index in [4.69, 9.17) is 58.6 Å². The van der Waals surface area contributed by atoms with Gasteiger partial charge in [-0.3, -0.25) is 55.4 Å². The van der Waals surface area contributed by atoms with Crippen LogP contribution in [0.25, 0.3) is 42.3 Å². The SMILES string of the molecule is Br.CC(C)(C)OC(=O)N[C@@H](Cc1ccc([N+](=O)[O-])cc1)C(=O)CBr.NC(=S)c1ccccc1.N[C@@H](Cc1ccc([N+](=O)[O-])cc1)c1csc(-c2ccccc2)n1.N[C@@H](Cc1ccc([N+](=O)[O-])cc1)c1csc(-c2ccccc2)n1.O=[N+]([O-])c1ccc(C[C@H](N=C=S)c2csc(-c3ccccc3)n2)cc1.O=[N+]([O-])c1ccc(C[C@H](N=C=S)c2csc(-c3ccccc3)n2)cc1. The molecule has 0 saturated heterocycles. The van der Waals surface area contributed by atoms with Gasteiger partial charge in [0, 0.05) is 123 Å². The van der Waals surface area contributed by atoms with E-state index >= 15 is 0 Å². The van der Waals surface area contributed by atoms with E-state index in [1.54, 1.807) is 127 Å². The molecule has 14 aromatic rings. The lowest BCUT2D eigenvalue weighted by Crippen LogP contribution is -2.45. The van der Waals surface area contributed by atoms with Crippen LogP contribution < -0.4 is 22.5 Å². The van der Waals surface area contributed by atoms with E-state index in [0.29, 0.717) is 36.2 Å². The van der Waals surface area contributed by atoms with Crippen molar-refractivity contribution in [2.45, 2.75) is 88.7 Å². The number of hydrogen-bond donors (Lipinski definition) is 4. The number of isothiocyanates is 2. The second kappa shape index (κ2) is 51.7. The van der Waals surface area contributed by atoms with Crippen LogP contribution in [0.15, 0.2) is 304 Å². The fourth-order valence-electron chi connectivity index (χ4n) is 11.8. The number of non-ortho nitro benzene ring substituents is 5. The van der Waals surface area contributed by atoms with E-state index < -0.39 is 42.4 Å². The number of carbonyl (C=O) groups excluding carboxylic acids is 2. The maximum Gasteiger partial charge on any atom is 0.408 e. The Morgan fingerprint density at radius 1 is 0.419 bits per heavy atom. The lowest BCUT2D eigenvalue weighted by atomic mass is 10.0. The van der Waals surface area contributed by atoms with Gasteiger partial charge < -0.3 is 27.3 Å². The topological polar surface area (TPSA) is 425 Å². The van der Waals surface area contributed by atoms with Crippen molar-refractivity contribution in [3.63, 3.8) is 0 Å². The van der Waals surface area contributed by atoms with Crippen molar-refractivity contribution in [2.24, 2.45) is 27.2 Å². The monoisotopic (exact) mass is 1990 g/mol. The van der Waals surface area contributed by atoms with Crippen LogP contribution in [-0.2, 0) is 41.6 Å². The van der Waals surface area contributed by atoms with Crippen LogP contribution in [0.4, 0.5) is 33.2 Å². The molecule has 10 aromatic carbocycles. The third-order valence-corrected chi connectivity index (χ3v) is 22.9. The van der Waals surface area contributed by atoms with Crippen LogP contribution in [0.3, 0.4) is 0 Å². The number of amides is 1. The Balaban J connectivity index is 0.000000194. The zero-order valence-corrected chi connectivity index (χ0v) is 78.0. The number of nitro benzene ring substituents is 5. The van der Waals surface area contributed by atoms with Gasteiger partial charge in [-0.05, 0) is 92.3 Å². The van der Waals surface area contributed by atoms with Gasteiger partial charge in [-0.25, -0.2) is 34.7 Å². The Morgan fingerprint density at radius 2 is 0.667 bits per heavy atom. The summed E-state index contributed by atoms with van der Waals surface area (Å²) in [6.45, 7) is 5.18. The van der Waals surface area contributed by atoms with Crippen LogP contribution in [0, 0.1) is 50.6 Å². The maximum atomic E-state index is 12.0. The molecule has 0 aliphatic rings. The summed E-state index contributed by atoms with van der Waals surface area (Å²) in [6, 6.07) is 79.2. The second-order valence-corrected chi connectivity index (χ2v) is 33.4. The first-order valence-electron chi connectivity index (χ1n) is 38.8. The van der Waals surface area contributed by atoms with Crippen molar-refractivity contribution in [1.29, 1.82) is 0 Å². The van der Waals surface area contributed by atoms with Crippen LogP contribution in [0.2, 0.25) is 0 Å². The molecule has 0 saturated carbocycles. The Hall–Kier alpha value is -13.0. The number of halogens is 2. The number of thiocarbonyl (C=S) groups is 3. The molecule has 0 fully saturated rings. The fraction of sp³-hybridized carbons (Fsp3) is 0.163. The number of nitrogens with one attached hydrogen (secondary N) is 1. The average molecular weight is 1990 g/mol. The highest BCUT2D eigenvalue weighted by atomic mass is 79.9. The van der Waals surface area contributed by atoms with Gasteiger partial charge >= 0.3 is 6.09 Å². The molecule has 1 amide bonds. The van der Waals surface area contributed by atoms with Gasteiger partial charge in [0.1, 0.15) is 42.7 Å². The fourth-order valence-corrected chi connectivity index (χ4v) is 16.1. The highest BCUT2D eigenvalue weighted by Crippen LogP contribution is 2.34. The van der Waals surface area contributed by atoms with Gasteiger partial charge in [-0.1, -0.05) is 240 Å². The quantitative estimate of drug-likeness (QED) is 0.0111. The molecule has 0 spiro atoms. The van der Waals surface area contributed by atoms with Gasteiger partial charge in [0.25, 0.3) is 28.4 Å². The summed E-state index contributed by atoms with van der Waals surface area (Å²) in [7, 11) is 0. The normalized spacial score (nSPS) is 11.6. The highest BCUT2D eigenvalue weighted by Gasteiger charge is 2.26. The van der Waals surface area contributed by atoms with Crippen LogP contribution in [-0.4, -0.2) is 88.7 Å². The average Bonchev–Trinajstić information content (AvgIpc) is 1.73. The number of rotatable bonds is 29. The molecule has 660 valence electrons. The van der Waals surface area contributed by atoms with Gasteiger partial charge in [0.2, 0.25) is 0 Å². The molecule has 28 nitrogen and oxygen atoms in total. The molecule has 14 rings (SSSR count). The number of hydrogen-bond acceptors (Lipinski definition) is 28. The number of nitrogens with two attached hydrogens (primary N) is 3. The number of nitro groups is 5. The van der Waals surface area contributed by atoms with Crippen LogP contribution >= 0.6 is 115 Å². The number of aromatic nitrogens is 4. The first-order valence-corrected chi connectivity index (χ1v) is 44.7. The van der Waals surface area contributed by atoms with Crippen molar-refractivity contribution >= 4 is 171 Å². The molecule has 129 heavy (non-hydrogen) atoms. The summed E-state index contributed by atoms with van der Waals surface area (Å²) < 4.78 is 5.14. The Bertz CT molecular complexity index is 5810. The van der Waals surface area contributed by atoms with Crippen LogP contribution in [0.1, 0.15) is 101 Å². The lowest BCUT2D eigenvalue weighted by molar-refractivity contribution is -0.385. The summed E-state index contributed by atoms with van der Waals surface area (Å²) in [5, 5.41) is 72.6. The van der Waals surface area contributed by atoms with E-state index in [-0.39, 0.29) is 87.1 Å². The first-order chi connectivity index (χ1) is 61.5. The number of aliphatic imine (C=N–C) groups is 2. The predicted molar refractivity (Wildman–Crippen MR) is 528 cm³/mol. The predicted octanol–water partition coefficient (Wildman–Crippen LogP) is 23.0. The molecule has 37 heteroatoms. The number of thiazole rings is 4. The number of alkyl halides is 1. The minimum absolute atomic E-state index is 0. The third-order valence-electron chi connectivity index (χ3n) is 18.2. The maximum absolute atomic E-state index is 12.0. The van der Waals surface area contributed by atoms with E-state index in [1.807, 2.05) is 173 Å². The number of ether oxygens (including phenoxy) is 1. The zero-order chi connectivity index (χ0) is 92.1. The minimum Gasteiger partial charge on any atom is -0.444 e. The smallest absolute Gasteiger partial charge is 0.408 e. The first kappa shape index (κ1) is 101. The Kier molecular flexibility index (Phi) is 40.7. The molecular weight excluding hydrogens is 1910 g/mol. The molecular formula is C92H83Br2N15O13S7. The molecule has 0 radical (unpaired) electrons. The number of Topliss-reactive ketones (excluding diaryl/α,β-unsaturated/α-hetero) is 1. The van der Waals surface area contributed by atoms with E-state index in [2.05, 4.69) is 61.5 Å². The van der Waals surface area contributed by atoms with Crippen molar-refractivity contribution in [3.05, 3.63) is 401 Å². The molecule has 4 aromatic heterocycles. The molecule has 4 heterocycles. The summed E-state index contributed by atoms with van der Waals surface area (Å²) in [5.74, 6) is -0.214. The molecule has 0 aliphatic carbocycles. The van der Waals surface area contributed by atoms with Crippen molar-refractivity contribution < 1.29 is 38.9 Å².